The van der Waals surface area contributed by atoms with Crippen LogP contribution in [0.4, 0.5) is 5.69 Å². The second-order valence-electron chi connectivity index (χ2n) is 5.31. The number of ether oxygens (including phenoxy) is 1. The van der Waals surface area contributed by atoms with Crippen LogP contribution < -0.4 is 15.4 Å². The average molecular weight is 289 g/mol. The van der Waals surface area contributed by atoms with E-state index in [2.05, 4.69) is 10.6 Å². The number of hydrogen-bond acceptors (Lipinski definition) is 4. The fourth-order valence-corrected chi connectivity index (χ4v) is 2.64. The summed E-state index contributed by atoms with van der Waals surface area (Å²) in [7, 11) is 0. The smallest absolute Gasteiger partial charge is 0.243 e. The monoisotopic (exact) mass is 289 g/mol. The van der Waals surface area contributed by atoms with Crippen molar-refractivity contribution in [1.29, 1.82) is 0 Å². The zero-order valence-corrected chi connectivity index (χ0v) is 11.9. The van der Waals surface area contributed by atoms with Crippen molar-refractivity contribution in [2.45, 2.75) is 19.4 Å². The van der Waals surface area contributed by atoms with Crippen molar-refractivity contribution in [1.82, 2.24) is 10.2 Å². The Bertz CT molecular complexity index is 559. The van der Waals surface area contributed by atoms with Gasteiger partial charge in [0.25, 0.3) is 0 Å². The van der Waals surface area contributed by atoms with E-state index in [9.17, 15) is 9.59 Å². The van der Waals surface area contributed by atoms with Crippen molar-refractivity contribution in [3.63, 3.8) is 0 Å². The fourth-order valence-electron chi connectivity index (χ4n) is 2.64. The van der Waals surface area contributed by atoms with Gasteiger partial charge in [-0.05, 0) is 24.6 Å². The first-order valence-electron chi connectivity index (χ1n) is 7.26. The molecule has 0 spiro atoms. The molecule has 0 atom stereocenters. The van der Waals surface area contributed by atoms with E-state index in [1.54, 1.807) is 4.90 Å². The molecule has 6 heteroatoms. The molecule has 1 aromatic rings. The van der Waals surface area contributed by atoms with Gasteiger partial charge in [-0.25, -0.2) is 0 Å². The zero-order valence-electron chi connectivity index (χ0n) is 11.9. The third kappa shape index (κ3) is 3.33. The van der Waals surface area contributed by atoms with Crippen LogP contribution in [0.2, 0.25) is 0 Å². The number of likely N-dealkylation sites (tertiary alicyclic amines) is 1. The maximum atomic E-state index is 12.0. The summed E-state index contributed by atoms with van der Waals surface area (Å²) in [6.45, 7) is 2.99. The highest BCUT2D eigenvalue weighted by Crippen LogP contribution is 2.24. The summed E-state index contributed by atoms with van der Waals surface area (Å²) in [5.74, 6) is 0.755. The van der Waals surface area contributed by atoms with Crippen LogP contribution in [-0.2, 0) is 16.1 Å². The Hall–Kier alpha value is -2.08. The lowest BCUT2D eigenvalue weighted by atomic mass is 10.1. The van der Waals surface area contributed by atoms with Gasteiger partial charge in [0.1, 0.15) is 12.4 Å². The second-order valence-corrected chi connectivity index (χ2v) is 5.31. The molecule has 2 N–H and O–H groups in total. The fraction of sp³-hybridized carbons (Fsp3) is 0.467. The SMILES string of the molecule is O=C(CN1CCCC1=O)Nc1ccc2c(c1)CNCCO2. The van der Waals surface area contributed by atoms with Crippen molar-refractivity contribution >= 4 is 17.5 Å². The Balaban J connectivity index is 1.63. The Morgan fingerprint density at radius 1 is 1.43 bits per heavy atom. The van der Waals surface area contributed by atoms with Crippen LogP contribution in [-0.4, -0.2) is 43.0 Å². The van der Waals surface area contributed by atoms with Gasteiger partial charge in [0.05, 0.1) is 6.54 Å². The van der Waals surface area contributed by atoms with E-state index < -0.39 is 0 Å². The first-order chi connectivity index (χ1) is 10.2. The summed E-state index contributed by atoms with van der Waals surface area (Å²) in [6.07, 6.45) is 1.39. The van der Waals surface area contributed by atoms with Crippen LogP contribution in [0, 0.1) is 0 Å². The molecule has 2 amide bonds. The van der Waals surface area contributed by atoms with Crippen LogP contribution >= 0.6 is 0 Å². The van der Waals surface area contributed by atoms with Crippen LogP contribution in [0.3, 0.4) is 0 Å². The molecule has 0 unspecified atom stereocenters. The number of hydrogen-bond donors (Lipinski definition) is 2. The topological polar surface area (TPSA) is 70.7 Å². The Morgan fingerprint density at radius 3 is 3.14 bits per heavy atom. The molecule has 1 fully saturated rings. The highest BCUT2D eigenvalue weighted by Gasteiger charge is 2.22. The van der Waals surface area contributed by atoms with Gasteiger partial charge < -0.3 is 20.3 Å². The van der Waals surface area contributed by atoms with Crippen molar-refractivity contribution in [3.05, 3.63) is 23.8 Å². The average Bonchev–Trinajstić information content (AvgIpc) is 2.74. The predicted octanol–water partition coefficient (Wildman–Crippen LogP) is 0.729. The normalized spacial score (nSPS) is 17.9. The Labute approximate surface area is 123 Å². The van der Waals surface area contributed by atoms with Gasteiger partial charge in [-0.2, -0.15) is 0 Å². The number of nitrogens with one attached hydrogen (secondary N) is 2. The van der Waals surface area contributed by atoms with Gasteiger partial charge in [-0.15, -0.1) is 0 Å². The molecule has 0 aromatic heterocycles. The summed E-state index contributed by atoms with van der Waals surface area (Å²) in [5.41, 5.74) is 1.76. The van der Waals surface area contributed by atoms with E-state index in [0.717, 1.165) is 36.5 Å². The third-order valence-electron chi connectivity index (χ3n) is 3.70. The quantitative estimate of drug-likeness (QED) is 0.860. The molecule has 112 valence electrons. The van der Waals surface area contributed by atoms with E-state index in [-0.39, 0.29) is 18.4 Å². The second kappa shape index (κ2) is 6.13. The summed E-state index contributed by atoms with van der Waals surface area (Å²) in [6, 6.07) is 5.62. The number of carbonyl (C=O) groups is 2. The van der Waals surface area contributed by atoms with Gasteiger partial charge in [-0.3, -0.25) is 9.59 Å². The lowest BCUT2D eigenvalue weighted by Gasteiger charge is -2.15. The first kappa shape index (κ1) is 13.9. The molecule has 2 aliphatic heterocycles. The molecule has 2 aliphatic rings. The van der Waals surface area contributed by atoms with Crippen LogP contribution in [0.25, 0.3) is 0 Å². The van der Waals surface area contributed by atoms with Crippen LogP contribution in [0.5, 0.6) is 5.75 Å². The summed E-state index contributed by atoms with van der Waals surface area (Å²) in [4.78, 5) is 25.1. The number of amides is 2. The molecule has 0 aliphatic carbocycles. The van der Waals surface area contributed by atoms with Gasteiger partial charge >= 0.3 is 0 Å². The lowest BCUT2D eigenvalue weighted by molar-refractivity contribution is -0.131. The molecular weight excluding hydrogens is 270 g/mol. The third-order valence-corrected chi connectivity index (χ3v) is 3.70. The summed E-state index contributed by atoms with van der Waals surface area (Å²) in [5, 5.41) is 6.10. The largest absolute Gasteiger partial charge is 0.492 e. The van der Waals surface area contributed by atoms with E-state index in [1.807, 2.05) is 18.2 Å². The van der Waals surface area contributed by atoms with E-state index >= 15 is 0 Å². The molecule has 2 heterocycles. The number of anilines is 1. The number of benzene rings is 1. The molecule has 1 saturated heterocycles. The van der Waals surface area contributed by atoms with Gasteiger partial charge in [0.15, 0.2) is 0 Å². The van der Waals surface area contributed by atoms with Gasteiger partial charge in [0.2, 0.25) is 11.8 Å². The highest BCUT2D eigenvalue weighted by molar-refractivity contribution is 5.95. The molecular formula is C15H19N3O3. The number of fused-ring (bicyclic) bond motifs is 1. The molecule has 6 nitrogen and oxygen atoms in total. The summed E-state index contributed by atoms with van der Waals surface area (Å²) < 4.78 is 5.60. The maximum Gasteiger partial charge on any atom is 0.243 e. The molecule has 0 saturated carbocycles. The first-order valence-corrected chi connectivity index (χ1v) is 7.26. The lowest BCUT2D eigenvalue weighted by Crippen LogP contribution is -2.33. The van der Waals surface area contributed by atoms with Crippen LogP contribution in [0.15, 0.2) is 18.2 Å². The number of nitrogens with zero attached hydrogens (tertiary/aromatic N) is 1. The zero-order chi connectivity index (χ0) is 14.7. The van der Waals surface area contributed by atoms with Crippen molar-refractivity contribution < 1.29 is 14.3 Å². The Morgan fingerprint density at radius 2 is 2.33 bits per heavy atom. The highest BCUT2D eigenvalue weighted by atomic mass is 16.5. The molecule has 1 aromatic carbocycles. The van der Waals surface area contributed by atoms with Gasteiger partial charge in [-0.1, -0.05) is 0 Å². The number of carbonyl (C=O) groups excluding carboxylic acids is 2. The standard InChI is InChI=1S/C15H19N3O3/c19-14(10-18-6-1-2-15(18)20)17-12-3-4-13-11(8-12)9-16-5-7-21-13/h3-4,8,16H,1-2,5-7,9-10H2,(H,17,19). The van der Waals surface area contributed by atoms with Crippen molar-refractivity contribution in [2.24, 2.45) is 0 Å². The summed E-state index contributed by atoms with van der Waals surface area (Å²) >= 11 is 0. The maximum absolute atomic E-state index is 12.0. The molecule has 0 bridgehead atoms. The van der Waals surface area contributed by atoms with E-state index in [4.69, 9.17) is 4.74 Å². The minimum atomic E-state index is -0.160. The predicted molar refractivity (Wildman–Crippen MR) is 78.1 cm³/mol. The van der Waals surface area contributed by atoms with Crippen LogP contribution in [0.1, 0.15) is 18.4 Å². The van der Waals surface area contributed by atoms with Gasteiger partial charge in [0, 0.05) is 37.3 Å². The Kier molecular flexibility index (Phi) is 4.06. The minimum Gasteiger partial charge on any atom is -0.492 e. The minimum absolute atomic E-state index is 0.0599. The van der Waals surface area contributed by atoms with E-state index in [1.165, 1.54) is 0 Å². The van der Waals surface area contributed by atoms with Crippen molar-refractivity contribution in [2.75, 3.05) is 31.6 Å². The molecule has 0 radical (unpaired) electrons. The van der Waals surface area contributed by atoms with E-state index in [0.29, 0.717) is 19.6 Å². The molecule has 3 rings (SSSR count). The molecule has 21 heavy (non-hydrogen) atoms. The number of rotatable bonds is 3. The van der Waals surface area contributed by atoms with Crippen molar-refractivity contribution in [3.8, 4) is 5.75 Å².